The fourth-order valence-corrected chi connectivity index (χ4v) is 4.64. The van der Waals surface area contributed by atoms with E-state index in [9.17, 15) is 14.4 Å². The number of carbonyl (C=O) groups is 3. The summed E-state index contributed by atoms with van der Waals surface area (Å²) in [5, 5.41) is 4.93. The second kappa shape index (κ2) is 7.85. The fraction of sp³-hybridized carbons (Fsp3) is 0.435. The number of likely N-dealkylation sites (N-methyl/N-ethyl adjacent to an activating group) is 1. The van der Waals surface area contributed by atoms with Gasteiger partial charge < -0.3 is 10.2 Å². The van der Waals surface area contributed by atoms with Crippen LogP contribution in [0.25, 0.3) is 10.8 Å². The second-order valence-corrected chi connectivity index (χ2v) is 7.95. The highest BCUT2D eigenvalue weighted by molar-refractivity contribution is 6.11. The van der Waals surface area contributed by atoms with Gasteiger partial charge in [0.05, 0.1) is 5.69 Å². The van der Waals surface area contributed by atoms with Crippen molar-refractivity contribution in [1.82, 2.24) is 10.2 Å². The molecular formula is C23H27N3O3. The van der Waals surface area contributed by atoms with E-state index in [0.29, 0.717) is 19.4 Å². The van der Waals surface area contributed by atoms with Gasteiger partial charge >= 0.3 is 6.03 Å². The molecule has 1 saturated heterocycles. The number of carbonyl (C=O) groups excluding carboxylic acids is 3. The normalized spacial score (nSPS) is 18.7. The minimum absolute atomic E-state index is 0.233. The van der Waals surface area contributed by atoms with E-state index in [2.05, 4.69) is 5.32 Å². The van der Waals surface area contributed by atoms with Gasteiger partial charge in [-0.25, -0.2) is 4.79 Å². The number of fused-ring (bicyclic) bond motifs is 1. The fourth-order valence-electron chi connectivity index (χ4n) is 4.64. The Morgan fingerprint density at radius 2 is 1.72 bits per heavy atom. The number of benzene rings is 2. The summed E-state index contributed by atoms with van der Waals surface area (Å²) in [4.78, 5) is 41.6. The first-order valence-corrected chi connectivity index (χ1v) is 10.5. The van der Waals surface area contributed by atoms with Crippen molar-refractivity contribution in [3.05, 3.63) is 42.5 Å². The lowest BCUT2D eigenvalue weighted by molar-refractivity contribution is -0.134. The van der Waals surface area contributed by atoms with E-state index < -0.39 is 11.6 Å². The molecule has 0 atom stereocenters. The first-order chi connectivity index (χ1) is 14.1. The van der Waals surface area contributed by atoms with Gasteiger partial charge in [-0.15, -0.1) is 0 Å². The van der Waals surface area contributed by atoms with E-state index in [4.69, 9.17) is 0 Å². The monoisotopic (exact) mass is 393 g/mol. The molecule has 1 aliphatic carbocycles. The van der Waals surface area contributed by atoms with E-state index >= 15 is 0 Å². The maximum Gasteiger partial charge on any atom is 0.325 e. The minimum atomic E-state index is -0.815. The maximum atomic E-state index is 13.2. The van der Waals surface area contributed by atoms with Crippen molar-refractivity contribution in [2.45, 2.75) is 51.0 Å². The smallest absolute Gasteiger partial charge is 0.323 e. The second-order valence-electron chi connectivity index (χ2n) is 7.95. The van der Waals surface area contributed by atoms with Gasteiger partial charge in [0.2, 0.25) is 5.91 Å². The molecule has 0 bridgehead atoms. The van der Waals surface area contributed by atoms with Crippen LogP contribution < -0.4 is 10.2 Å². The van der Waals surface area contributed by atoms with Crippen molar-refractivity contribution < 1.29 is 14.4 Å². The van der Waals surface area contributed by atoms with Crippen LogP contribution in [0.3, 0.4) is 0 Å². The summed E-state index contributed by atoms with van der Waals surface area (Å²) in [5.41, 5.74) is -0.0171. The largest absolute Gasteiger partial charge is 0.325 e. The Kier molecular flexibility index (Phi) is 5.26. The van der Waals surface area contributed by atoms with Gasteiger partial charge in [0.25, 0.3) is 5.91 Å². The van der Waals surface area contributed by atoms with Crippen molar-refractivity contribution in [3.63, 3.8) is 0 Å². The topological polar surface area (TPSA) is 69.7 Å². The van der Waals surface area contributed by atoms with E-state index in [-0.39, 0.29) is 18.4 Å². The van der Waals surface area contributed by atoms with E-state index in [1.807, 2.05) is 49.4 Å². The van der Waals surface area contributed by atoms with Crippen LogP contribution in [-0.2, 0) is 9.59 Å². The molecule has 1 spiro atoms. The zero-order chi connectivity index (χ0) is 20.4. The lowest BCUT2D eigenvalue weighted by atomic mass is 9.90. The zero-order valence-electron chi connectivity index (χ0n) is 16.8. The van der Waals surface area contributed by atoms with Crippen LogP contribution in [0.15, 0.2) is 42.5 Å². The number of nitrogens with one attached hydrogen (secondary N) is 1. The molecule has 152 valence electrons. The number of urea groups is 1. The molecular weight excluding hydrogens is 366 g/mol. The summed E-state index contributed by atoms with van der Waals surface area (Å²) in [6.45, 7) is 2.13. The van der Waals surface area contributed by atoms with E-state index in [1.165, 1.54) is 0 Å². The first-order valence-electron chi connectivity index (χ1n) is 10.5. The minimum Gasteiger partial charge on any atom is -0.323 e. The van der Waals surface area contributed by atoms with Crippen LogP contribution in [-0.4, -0.2) is 41.4 Å². The number of imide groups is 1. The summed E-state index contributed by atoms with van der Waals surface area (Å²) in [6, 6.07) is 13.3. The molecule has 4 amide bonds. The standard InChI is InChI=1S/C23H27N3O3/c1-2-25(19-13-9-11-17-10-5-6-12-18(17)19)20(27)16-26-21(28)23(24-22(26)29)14-7-3-4-8-15-23/h5-6,9-13H,2-4,7-8,14-16H2,1H3,(H,24,29). The van der Waals surface area contributed by atoms with Crippen LogP contribution in [0.1, 0.15) is 45.4 Å². The lowest BCUT2D eigenvalue weighted by Gasteiger charge is -2.26. The van der Waals surface area contributed by atoms with Gasteiger partial charge in [-0.3, -0.25) is 14.5 Å². The highest BCUT2D eigenvalue weighted by Crippen LogP contribution is 2.33. The summed E-state index contributed by atoms with van der Waals surface area (Å²) >= 11 is 0. The molecule has 0 radical (unpaired) electrons. The number of rotatable bonds is 4. The van der Waals surface area contributed by atoms with Crippen molar-refractivity contribution in [3.8, 4) is 0 Å². The summed E-state index contributed by atoms with van der Waals surface area (Å²) in [6.07, 6.45) is 5.31. The molecule has 29 heavy (non-hydrogen) atoms. The summed E-state index contributed by atoms with van der Waals surface area (Å²) < 4.78 is 0. The molecule has 2 aromatic carbocycles. The van der Waals surface area contributed by atoms with E-state index in [0.717, 1.165) is 47.0 Å². The molecule has 1 N–H and O–H groups in total. The van der Waals surface area contributed by atoms with Crippen molar-refractivity contribution in [1.29, 1.82) is 0 Å². The van der Waals surface area contributed by atoms with Gasteiger partial charge in [0.15, 0.2) is 0 Å². The molecule has 2 fully saturated rings. The lowest BCUT2D eigenvalue weighted by Crippen LogP contribution is -2.47. The third-order valence-electron chi connectivity index (χ3n) is 6.17. The Bertz CT molecular complexity index is 942. The Balaban J connectivity index is 1.57. The summed E-state index contributed by atoms with van der Waals surface area (Å²) in [7, 11) is 0. The number of hydrogen-bond acceptors (Lipinski definition) is 3. The third-order valence-corrected chi connectivity index (χ3v) is 6.17. The average molecular weight is 393 g/mol. The van der Waals surface area contributed by atoms with Crippen molar-refractivity contribution in [2.24, 2.45) is 0 Å². The number of amides is 4. The maximum absolute atomic E-state index is 13.2. The molecule has 1 saturated carbocycles. The highest BCUT2D eigenvalue weighted by Gasteiger charge is 2.51. The van der Waals surface area contributed by atoms with Crippen LogP contribution in [0.5, 0.6) is 0 Å². The predicted molar refractivity (Wildman–Crippen MR) is 113 cm³/mol. The quantitative estimate of drug-likeness (QED) is 0.803. The van der Waals surface area contributed by atoms with Gasteiger partial charge in [-0.1, -0.05) is 62.1 Å². The molecule has 6 heteroatoms. The molecule has 1 heterocycles. The Hall–Kier alpha value is -2.89. The highest BCUT2D eigenvalue weighted by atomic mass is 16.2. The molecule has 4 rings (SSSR count). The zero-order valence-corrected chi connectivity index (χ0v) is 16.8. The average Bonchev–Trinajstić information content (AvgIpc) is 2.89. The van der Waals surface area contributed by atoms with Gasteiger partial charge in [-0.05, 0) is 31.2 Å². The molecule has 0 aromatic heterocycles. The van der Waals surface area contributed by atoms with Crippen molar-refractivity contribution in [2.75, 3.05) is 18.0 Å². The number of nitrogens with zero attached hydrogens (tertiary/aromatic N) is 2. The first kappa shape index (κ1) is 19.4. The van der Waals surface area contributed by atoms with Crippen LogP contribution in [0, 0.1) is 0 Å². The summed E-state index contributed by atoms with van der Waals surface area (Å²) in [5.74, 6) is -0.496. The molecule has 2 aliphatic rings. The van der Waals surface area contributed by atoms with Crippen LogP contribution >= 0.6 is 0 Å². The van der Waals surface area contributed by atoms with Gasteiger partial charge in [-0.2, -0.15) is 0 Å². The van der Waals surface area contributed by atoms with Gasteiger partial charge in [0, 0.05) is 11.9 Å². The predicted octanol–water partition coefficient (Wildman–Crippen LogP) is 3.84. The Morgan fingerprint density at radius 1 is 1.03 bits per heavy atom. The van der Waals surface area contributed by atoms with Crippen LogP contribution in [0.2, 0.25) is 0 Å². The van der Waals surface area contributed by atoms with E-state index in [1.54, 1.807) is 4.90 Å². The Labute approximate surface area is 170 Å². The SMILES string of the molecule is CCN(C(=O)CN1C(=O)NC2(CCCCCC2)C1=O)c1cccc2ccccc12. The Morgan fingerprint density at radius 3 is 2.45 bits per heavy atom. The number of anilines is 1. The molecule has 2 aromatic rings. The molecule has 6 nitrogen and oxygen atoms in total. The number of hydrogen-bond donors (Lipinski definition) is 1. The molecule has 0 unspecified atom stereocenters. The molecule has 1 aliphatic heterocycles. The van der Waals surface area contributed by atoms with Crippen molar-refractivity contribution >= 4 is 34.3 Å². The third kappa shape index (κ3) is 3.48. The van der Waals surface area contributed by atoms with Gasteiger partial charge in [0.1, 0.15) is 12.1 Å². The van der Waals surface area contributed by atoms with Crippen LogP contribution in [0.4, 0.5) is 10.5 Å².